The smallest absolute Gasteiger partial charge is 0.371 e. The zero-order valence-corrected chi connectivity index (χ0v) is 9.01. The second kappa shape index (κ2) is 2.38. The molecule has 42 valence electrons. The maximum atomic E-state index is 4.20. The van der Waals surface area contributed by atoms with Gasteiger partial charge in [-0.1, -0.05) is 0 Å². The van der Waals surface area contributed by atoms with E-state index in [1.807, 2.05) is 6.92 Å². The van der Waals surface area contributed by atoms with Crippen LogP contribution in [0, 0.1) is 10.6 Å². The molecule has 0 saturated heterocycles. The number of imidazole rings is 1. The van der Waals surface area contributed by atoms with Crippen LogP contribution in [0.4, 0.5) is 0 Å². The molecule has 0 amide bonds. The number of aryl methyl sites for hydroxylation is 1. The van der Waals surface area contributed by atoms with E-state index in [-0.39, 0.29) is 0 Å². The van der Waals surface area contributed by atoms with E-state index in [4.69, 9.17) is 0 Å². The third kappa shape index (κ3) is 1.25. The maximum absolute atomic E-state index is 4.20. The summed E-state index contributed by atoms with van der Waals surface area (Å²) in [5.41, 5.74) is 0. The number of hydrogen-bond donors (Lipinski definition) is 0. The summed E-state index contributed by atoms with van der Waals surface area (Å²) in [6.07, 6.45) is 2.06. The lowest BCUT2D eigenvalue weighted by atomic mass is 10.8. The van der Waals surface area contributed by atoms with Gasteiger partial charge in [-0.3, -0.25) is 0 Å². The first-order valence-corrected chi connectivity index (χ1v) is 4.33. The largest absolute Gasteiger partial charge is 0.434 e. The Balaban J connectivity index is 3.14. The average Bonchev–Trinajstić information content (AvgIpc) is 1.85. The van der Waals surface area contributed by atoms with Crippen molar-refractivity contribution in [2.75, 3.05) is 0 Å². The van der Waals surface area contributed by atoms with E-state index < -0.39 is 0 Å². The van der Waals surface area contributed by atoms with Crippen molar-refractivity contribution in [1.82, 2.24) is 8.53 Å². The fraction of sp³-hybridized carbons (Fsp3) is 0.250. The summed E-state index contributed by atoms with van der Waals surface area (Å²) in [7, 11) is 0. The topological polar surface area (TPSA) is 17.8 Å². The molecule has 0 aliphatic heterocycles. The van der Waals surface area contributed by atoms with Gasteiger partial charge in [0, 0.05) is 6.20 Å². The maximum Gasteiger partial charge on any atom is 0.371 e. The fourth-order valence-corrected chi connectivity index (χ4v) is 2.15. The zero-order valence-electron chi connectivity index (χ0n) is 4.85. The first kappa shape index (κ1) is 6.59. The van der Waals surface area contributed by atoms with E-state index in [2.05, 4.69) is 37.3 Å². The Morgan fingerprint density at radius 3 is 2.62 bits per heavy atom. The Morgan fingerprint density at radius 1 is 1.88 bits per heavy atom. The lowest BCUT2D eigenvalue weighted by Crippen LogP contribution is -1.90. The Hall–Kier alpha value is 0.472. The van der Waals surface area contributed by atoms with Gasteiger partial charge in [-0.25, -0.2) is 4.98 Å². The third-order valence-electron chi connectivity index (χ3n) is 1.08. The molecule has 1 rings (SSSR count). The quantitative estimate of drug-likeness (QED) is 0.464. The Bertz CT molecular complexity index is 176. The first-order chi connectivity index (χ1) is 3.70. The second-order valence-corrected chi connectivity index (χ2v) is 3.79. The molecule has 4 heteroatoms. The molecule has 0 aliphatic rings. The predicted molar refractivity (Wildman–Crippen MR) is 43.6 cm³/mol. The van der Waals surface area contributed by atoms with Gasteiger partial charge in [0.1, 0.15) is 3.70 Å². The van der Waals surface area contributed by atoms with Crippen molar-refractivity contribution >= 4 is 39.1 Å². The van der Waals surface area contributed by atoms with Gasteiger partial charge in [-0.15, -0.1) is 0 Å². The van der Waals surface area contributed by atoms with Crippen LogP contribution in [0.2, 0.25) is 0 Å². The van der Waals surface area contributed by atoms with Crippen LogP contribution in [0.1, 0.15) is 5.82 Å². The van der Waals surface area contributed by atoms with Gasteiger partial charge in [-0.2, -0.15) is 0 Å². The minimum absolute atomic E-state index is 1.05. The molecule has 0 saturated carbocycles. The molecule has 8 heavy (non-hydrogen) atoms. The monoisotopic (exact) mass is 236 g/mol. The van der Waals surface area contributed by atoms with Crippen molar-refractivity contribution in [1.29, 1.82) is 0 Å². The van der Waals surface area contributed by atoms with Gasteiger partial charge in [0.2, 0.25) is 0 Å². The van der Waals surface area contributed by atoms with Crippen molar-refractivity contribution in [3.63, 3.8) is 0 Å². The Kier molecular flexibility index (Phi) is 1.96. The van der Waals surface area contributed by atoms with Crippen molar-refractivity contribution in [2.24, 2.45) is 0 Å². The van der Waals surface area contributed by atoms with Crippen LogP contribution in [0.5, 0.6) is 0 Å². The van der Waals surface area contributed by atoms with E-state index in [0.717, 1.165) is 26.0 Å². The summed E-state index contributed by atoms with van der Waals surface area (Å²) >= 11 is 3.26. The Labute approximate surface area is 70.1 Å². The SMILES string of the molecule is Cc1nc(I)c[n]1[AlH2]. The van der Waals surface area contributed by atoms with E-state index in [0.29, 0.717) is 0 Å². The van der Waals surface area contributed by atoms with Gasteiger partial charge in [0.05, 0.1) is 5.82 Å². The van der Waals surface area contributed by atoms with Crippen LogP contribution in [0.25, 0.3) is 0 Å². The number of rotatable bonds is 0. The summed E-state index contributed by atoms with van der Waals surface area (Å²) in [5, 5.41) is 0. The third-order valence-corrected chi connectivity index (χ3v) is 2.50. The molecule has 1 aromatic rings. The summed E-state index contributed by atoms with van der Waals surface area (Å²) in [4.78, 5) is 4.20. The highest BCUT2D eigenvalue weighted by Crippen LogP contribution is 2.00. The molecule has 0 atom stereocenters. The summed E-state index contributed by atoms with van der Waals surface area (Å²) in [6, 6.07) is 0. The molecular formula is C4H6AlIN2. The van der Waals surface area contributed by atoms with Crippen LogP contribution in [0.15, 0.2) is 6.20 Å². The van der Waals surface area contributed by atoms with Crippen LogP contribution in [0.3, 0.4) is 0 Å². The molecule has 1 heterocycles. The molecule has 2 nitrogen and oxygen atoms in total. The van der Waals surface area contributed by atoms with E-state index >= 15 is 0 Å². The van der Waals surface area contributed by atoms with Crippen LogP contribution in [-0.4, -0.2) is 25.0 Å². The van der Waals surface area contributed by atoms with E-state index in [1.165, 1.54) is 0 Å². The second-order valence-electron chi connectivity index (χ2n) is 1.72. The number of halogens is 1. The predicted octanol–water partition coefficient (Wildman–Crippen LogP) is 0.192. The molecular weight excluding hydrogens is 230 g/mol. The lowest BCUT2D eigenvalue weighted by molar-refractivity contribution is 1.08. The van der Waals surface area contributed by atoms with E-state index in [9.17, 15) is 0 Å². The van der Waals surface area contributed by atoms with Gasteiger partial charge in [0.15, 0.2) is 0 Å². The summed E-state index contributed by atoms with van der Waals surface area (Å²) in [5.74, 6) is 1.13. The number of aromatic nitrogens is 2. The minimum Gasteiger partial charge on any atom is -0.434 e. The fourth-order valence-electron chi connectivity index (χ4n) is 0.516. The Morgan fingerprint density at radius 2 is 2.50 bits per heavy atom. The number of hydrogen-bond acceptors (Lipinski definition) is 1. The molecule has 0 radical (unpaired) electrons. The zero-order chi connectivity index (χ0) is 6.15. The van der Waals surface area contributed by atoms with Crippen LogP contribution < -0.4 is 0 Å². The van der Waals surface area contributed by atoms with Crippen molar-refractivity contribution in [3.8, 4) is 0 Å². The minimum atomic E-state index is 1.05. The van der Waals surface area contributed by atoms with Crippen molar-refractivity contribution in [2.45, 2.75) is 6.92 Å². The molecule has 0 aromatic carbocycles. The van der Waals surface area contributed by atoms with Crippen molar-refractivity contribution < 1.29 is 0 Å². The molecule has 0 aliphatic carbocycles. The highest BCUT2D eigenvalue weighted by molar-refractivity contribution is 14.1. The number of nitrogens with zero attached hydrogens (tertiary/aromatic N) is 2. The highest BCUT2D eigenvalue weighted by atomic mass is 127. The molecule has 1 aromatic heterocycles. The highest BCUT2D eigenvalue weighted by Gasteiger charge is 1.92. The van der Waals surface area contributed by atoms with Gasteiger partial charge in [-0.05, 0) is 29.5 Å². The van der Waals surface area contributed by atoms with Crippen LogP contribution >= 0.6 is 22.6 Å². The lowest BCUT2D eigenvalue weighted by Gasteiger charge is -1.88. The average molecular weight is 236 g/mol. The van der Waals surface area contributed by atoms with Gasteiger partial charge in [0.25, 0.3) is 0 Å². The van der Waals surface area contributed by atoms with Gasteiger partial charge >= 0.3 is 16.5 Å². The van der Waals surface area contributed by atoms with Crippen LogP contribution in [-0.2, 0) is 0 Å². The molecule has 0 fully saturated rings. The molecule has 0 unspecified atom stereocenters. The normalized spacial score (nSPS) is 9.75. The standard InChI is InChI=1S/C4H4IN2.Al.2H/c1-3-6-2-4(5)7-3;;;/h2H,1H3;;;/q-1;+1;;. The molecule has 0 bridgehead atoms. The molecule has 0 spiro atoms. The van der Waals surface area contributed by atoms with Gasteiger partial charge < -0.3 is 3.55 Å². The summed E-state index contributed by atoms with van der Waals surface area (Å²) in [6.45, 7) is 2.02. The summed E-state index contributed by atoms with van der Waals surface area (Å²) < 4.78 is 3.23. The van der Waals surface area contributed by atoms with E-state index in [1.54, 1.807) is 0 Å². The first-order valence-electron chi connectivity index (χ1n) is 2.35. The molecule has 0 N–H and O–H groups in total. The van der Waals surface area contributed by atoms with Crippen molar-refractivity contribution in [3.05, 3.63) is 15.7 Å².